The number of aryl methyl sites for hydroxylation is 1. The van der Waals surface area contributed by atoms with Gasteiger partial charge in [-0.1, -0.05) is 23.7 Å². The Morgan fingerprint density at radius 1 is 1.29 bits per heavy atom. The molecular weight excluding hydrogens is 290 g/mol. The average molecular weight is 314 g/mol. The van der Waals surface area contributed by atoms with Crippen molar-refractivity contribution >= 4 is 17.5 Å². The molecule has 0 saturated carbocycles. The highest BCUT2D eigenvalue weighted by Gasteiger charge is 2.12. The molecule has 4 nitrogen and oxygen atoms in total. The predicted molar refractivity (Wildman–Crippen MR) is 84.7 cm³/mol. The average Bonchev–Trinajstić information content (AvgIpc) is 2.49. The van der Waals surface area contributed by atoms with Gasteiger partial charge in [0.05, 0.1) is 13.2 Å². The molecule has 1 atom stereocenters. The first kappa shape index (κ1) is 18.0. The van der Waals surface area contributed by atoms with Gasteiger partial charge in [-0.05, 0) is 44.4 Å². The maximum absolute atomic E-state index is 11.8. The Labute approximate surface area is 131 Å². The molecule has 1 aromatic rings. The fourth-order valence-electron chi connectivity index (χ4n) is 1.80. The molecule has 0 bridgehead atoms. The Morgan fingerprint density at radius 3 is 2.67 bits per heavy atom. The summed E-state index contributed by atoms with van der Waals surface area (Å²) in [6, 6.07) is 7.76. The van der Waals surface area contributed by atoms with E-state index < -0.39 is 6.10 Å². The van der Waals surface area contributed by atoms with Crippen LogP contribution in [0.3, 0.4) is 0 Å². The standard InChI is InChI=1S/C16H24ClNO3/c1-3-20-11-12-21-13(2)16(19)18-10-4-5-14-6-8-15(17)9-7-14/h6-9,13H,3-5,10-12H2,1-2H3,(H,18,19). The molecule has 1 N–H and O–H groups in total. The van der Waals surface area contributed by atoms with Crippen molar-refractivity contribution in [2.75, 3.05) is 26.4 Å². The number of nitrogens with one attached hydrogen (secondary N) is 1. The summed E-state index contributed by atoms with van der Waals surface area (Å²) in [5.74, 6) is -0.0809. The summed E-state index contributed by atoms with van der Waals surface area (Å²) in [7, 11) is 0. The van der Waals surface area contributed by atoms with Gasteiger partial charge in [-0.25, -0.2) is 0 Å². The summed E-state index contributed by atoms with van der Waals surface area (Å²) in [6.07, 6.45) is 1.36. The minimum atomic E-state index is -0.444. The number of benzene rings is 1. The van der Waals surface area contributed by atoms with Crippen LogP contribution in [0, 0.1) is 0 Å². The SMILES string of the molecule is CCOCCOC(C)C(=O)NCCCc1ccc(Cl)cc1. The third kappa shape index (κ3) is 8.05. The Morgan fingerprint density at radius 2 is 2.00 bits per heavy atom. The summed E-state index contributed by atoms with van der Waals surface area (Å²) in [6.45, 7) is 5.93. The Hall–Kier alpha value is -1.10. The van der Waals surface area contributed by atoms with Gasteiger partial charge in [0.25, 0.3) is 0 Å². The third-order valence-electron chi connectivity index (χ3n) is 3.02. The van der Waals surface area contributed by atoms with Crippen molar-refractivity contribution < 1.29 is 14.3 Å². The quantitative estimate of drug-likeness (QED) is 0.676. The molecule has 0 saturated heterocycles. The van der Waals surface area contributed by atoms with E-state index in [1.165, 1.54) is 5.56 Å². The van der Waals surface area contributed by atoms with Crippen LogP contribution in [-0.4, -0.2) is 38.4 Å². The van der Waals surface area contributed by atoms with Gasteiger partial charge in [0.2, 0.25) is 5.91 Å². The zero-order chi connectivity index (χ0) is 15.5. The second-order valence-corrected chi connectivity index (χ2v) is 5.17. The highest BCUT2D eigenvalue weighted by atomic mass is 35.5. The molecule has 1 aromatic carbocycles. The lowest BCUT2D eigenvalue weighted by molar-refractivity contribution is -0.132. The molecule has 118 valence electrons. The van der Waals surface area contributed by atoms with Gasteiger partial charge in [0.1, 0.15) is 6.10 Å². The number of carbonyl (C=O) groups excluding carboxylic acids is 1. The molecule has 0 fully saturated rings. The van der Waals surface area contributed by atoms with Crippen LogP contribution in [0.5, 0.6) is 0 Å². The minimum Gasteiger partial charge on any atom is -0.379 e. The van der Waals surface area contributed by atoms with E-state index in [-0.39, 0.29) is 5.91 Å². The fraction of sp³-hybridized carbons (Fsp3) is 0.562. The lowest BCUT2D eigenvalue weighted by Gasteiger charge is -2.13. The molecule has 1 amide bonds. The summed E-state index contributed by atoms with van der Waals surface area (Å²) in [5, 5.41) is 3.61. The lowest BCUT2D eigenvalue weighted by atomic mass is 10.1. The van der Waals surface area contributed by atoms with Gasteiger partial charge >= 0.3 is 0 Å². The van der Waals surface area contributed by atoms with Crippen molar-refractivity contribution in [3.63, 3.8) is 0 Å². The molecular formula is C16H24ClNO3. The van der Waals surface area contributed by atoms with Crippen LogP contribution in [0.4, 0.5) is 0 Å². The lowest BCUT2D eigenvalue weighted by Crippen LogP contribution is -2.35. The van der Waals surface area contributed by atoms with Crippen LogP contribution in [0.2, 0.25) is 5.02 Å². The van der Waals surface area contributed by atoms with Crippen molar-refractivity contribution in [2.24, 2.45) is 0 Å². The van der Waals surface area contributed by atoms with Gasteiger partial charge < -0.3 is 14.8 Å². The van der Waals surface area contributed by atoms with Crippen molar-refractivity contribution in [1.82, 2.24) is 5.32 Å². The van der Waals surface area contributed by atoms with Crippen LogP contribution >= 0.6 is 11.6 Å². The van der Waals surface area contributed by atoms with Crippen LogP contribution in [-0.2, 0) is 20.7 Å². The van der Waals surface area contributed by atoms with Crippen molar-refractivity contribution in [1.29, 1.82) is 0 Å². The normalized spacial score (nSPS) is 12.1. The first-order valence-electron chi connectivity index (χ1n) is 7.35. The van der Waals surface area contributed by atoms with E-state index in [4.69, 9.17) is 21.1 Å². The van der Waals surface area contributed by atoms with Crippen LogP contribution < -0.4 is 5.32 Å². The van der Waals surface area contributed by atoms with E-state index in [0.29, 0.717) is 26.4 Å². The third-order valence-corrected chi connectivity index (χ3v) is 3.28. The second kappa shape index (κ2) is 10.6. The number of amides is 1. The van der Waals surface area contributed by atoms with E-state index in [1.807, 2.05) is 31.2 Å². The van der Waals surface area contributed by atoms with Gasteiger partial charge in [-0.15, -0.1) is 0 Å². The molecule has 1 unspecified atom stereocenters. The summed E-state index contributed by atoms with van der Waals surface area (Å²) >= 11 is 5.83. The van der Waals surface area contributed by atoms with Gasteiger partial charge in [0.15, 0.2) is 0 Å². The number of hydrogen-bond donors (Lipinski definition) is 1. The predicted octanol–water partition coefficient (Wildman–Crippen LogP) is 2.83. The number of carbonyl (C=O) groups is 1. The van der Waals surface area contributed by atoms with Gasteiger partial charge in [-0.3, -0.25) is 4.79 Å². The van der Waals surface area contributed by atoms with E-state index in [2.05, 4.69) is 5.32 Å². The van der Waals surface area contributed by atoms with Gasteiger partial charge in [0, 0.05) is 18.2 Å². The Balaban J connectivity index is 2.10. The monoisotopic (exact) mass is 313 g/mol. The van der Waals surface area contributed by atoms with E-state index in [1.54, 1.807) is 6.92 Å². The van der Waals surface area contributed by atoms with Crippen molar-refractivity contribution in [3.8, 4) is 0 Å². The smallest absolute Gasteiger partial charge is 0.248 e. The topological polar surface area (TPSA) is 47.6 Å². The molecule has 0 aliphatic carbocycles. The van der Waals surface area contributed by atoms with Crippen LogP contribution in [0.1, 0.15) is 25.8 Å². The molecule has 5 heteroatoms. The first-order valence-corrected chi connectivity index (χ1v) is 7.72. The molecule has 0 aromatic heterocycles. The number of ether oxygens (including phenoxy) is 2. The number of hydrogen-bond acceptors (Lipinski definition) is 3. The van der Waals surface area contributed by atoms with E-state index >= 15 is 0 Å². The highest BCUT2D eigenvalue weighted by Crippen LogP contribution is 2.10. The van der Waals surface area contributed by atoms with Crippen LogP contribution in [0.25, 0.3) is 0 Å². The molecule has 0 radical (unpaired) electrons. The minimum absolute atomic E-state index is 0.0809. The van der Waals surface area contributed by atoms with E-state index in [0.717, 1.165) is 17.9 Å². The zero-order valence-corrected chi connectivity index (χ0v) is 13.5. The maximum Gasteiger partial charge on any atom is 0.248 e. The molecule has 0 heterocycles. The molecule has 0 aliphatic heterocycles. The number of halogens is 1. The largest absolute Gasteiger partial charge is 0.379 e. The first-order chi connectivity index (χ1) is 10.1. The number of rotatable bonds is 10. The molecule has 1 rings (SSSR count). The zero-order valence-electron chi connectivity index (χ0n) is 12.7. The highest BCUT2D eigenvalue weighted by molar-refractivity contribution is 6.30. The molecule has 21 heavy (non-hydrogen) atoms. The van der Waals surface area contributed by atoms with Gasteiger partial charge in [-0.2, -0.15) is 0 Å². The van der Waals surface area contributed by atoms with Crippen molar-refractivity contribution in [3.05, 3.63) is 34.9 Å². The second-order valence-electron chi connectivity index (χ2n) is 4.73. The maximum atomic E-state index is 11.8. The molecule has 0 spiro atoms. The summed E-state index contributed by atoms with van der Waals surface area (Å²) < 4.78 is 10.5. The van der Waals surface area contributed by atoms with Crippen LogP contribution in [0.15, 0.2) is 24.3 Å². The van der Waals surface area contributed by atoms with Crippen molar-refractivity contribution in [2.45, 2.75) is 32.8 Å². The van der Waals surface area contributed by atoms with E-state index in [9.17, 15) is 4.79 Å². The Kier molecular flexibility index (Phi) is 9.06. The fourth-order valence-corrected chi connectivity index (χ4v) is 1.93. The Bertz CT molecular complexity index is 408. The summed E-state index contributed by atoms with van der Waals surface area (Å²) in [4.78, 5) is 11.8. The molecule has 0 aliphatic rings. The summed E-state index contributed by atoms with van der Waals surface area (Å²) in [5.41, 5.74) is 1.22.